The van der Waals surface area contributed by atoms with Crippen LogP contribution in [0.15, 0.2) is 18.2 Å². The van der Waals surface area contributed by atoms with E-state index in [4.69, 9.17) is 11.6 Å². The molecule has 3 nitrogen and oxygen atoms in total. The molecule has 0 fully saturated rings. The SMILES string of the molecule is CNC(=O)C(C)(C)CNC1Cc2ccc(Cl)cc2C1. The molecule has 2 N–H and O–H groups in total. The maximum Gasteiger partial charge on any atom is 0.226 e. The van der Waals surface area contributed by atoms with E-state index >= 15 is 0 Å². The minimum Gasteiger partial charge on any atom is -0.359 e. The Balaban J connectivity index is 1.92. The largest absolute Gasteiger partial charge is 0.359 e. The van der Waals surface area contributed by atoms with Gasteiger partial charge < -0.3 is 10.6 Å². The molecule has 1 unspecified atom stereocenters. The van der Waals surface area contributed by atoms with Gasteiger partial charge in [0.15, 0.2) is 0 Å². The highest BCUT2D eigenvalue weighted by Gasteiger charge is 2.29. The predicted octanol–water partition coefficient (Wildman–Crippen LogP) is 2.17. The van der Waals surface area contributed by atoms with Crippen LogP contribution in [0.2, 0.25) is 5.02 Å². The van der Waals surface area contributed by atoms with Crippen LogP contribution in [0.4, 0.5) is 0 Å². The van der Waals surface area contributed by atoms with E-state index in [9.17, 15) is 4.79 Å². The first-order valence-corrected chi connectivity index (χ1v) is 7.03. The summed E-state index contributed by atoms with van der Waals surface area (Å²) >= 11 is 6.01. The summed E-state index contributed by atoms with van der Waals surface area (Å²) in [6, 6.07) is 6.49. The molecule has 1 aliphatic carbocycles. The third kappa shape index (κ3) is 3.28. The summed E-state index contributed by atoms with van der Waals surface area (Å²) in [4.78, 5) is 11.7. The zero-order valence-corrected chi connectivity index (χ0v) is 12.5. The van der Waals surface area contributed by atoms with Crippen LogP contribution in [0, 0.1) is 5.41 Å². The lowest BCUT2D eigenvalue weighted by atomic mass is 9.92. The first kappa shape index (κ1) is 14.4. The van der Waals surface area contributed by atoms with E-state index in [0.717, 1.165) is 17.9 Å². The summed E-state index contributed by atoms with van der Waals surface area (Å²) in [5, 5.41) is 7.00. The Hall–Kier alpha value is -1.06. The Morgan fingerprint density at radius 1 is 1.37 bits per heavy atom. The third-order valence-corrected chi connectivity index (χ3v) is 4.01. The Labute approximate surface area is 119 Å². The molecule has 0 radical (unpaired) electrons. The van der Waals surface area contributed by atoms with Crippen LogP contribution in [0.5, 0.6) is 0 Å². The zero-order chi connectivity index (χ0) is 14.0. The Morgan fingerprint density at radius 2 is 2.05 bits per heavy atom. The highest BCUT2D eigenvalue weighted by molar-refractivity contribution is 6.30. The van der Waals surface area contributed by atoms with E-state index in [1.165, 1.54) is 11.1 Å². The van der Waals surface area contributed by atoms with Gasteiger partial charge in [-0.1, -0.05) is 17.7 Å². The number of nitrogens with one attached hydrogen (secondary N) is 2. The van der Waals surface area contributed by atoms with E-state index in [1.807, 2.05) is 26.0 Å². The van der Waals surface area contributed by atoms with Crippen LogP contribution >= 0.6 is 11.6 Å². The molecule has 1 aliphatic rings. The van der Waals surface area contributed by atoms with E-state index < -0.39 is 0 Å². The van der Waals surface area contributed by atoms with E-state index in [0.29, 0.717) is 12.6 Å². The molecule has 0 saturated heterocycles. The number of carbonyl (C=O) groups is 1. The minimum absolute atomic E-state index is 0.0681. The number of amides is 1. The van der Waals surface area contributed by atoms with E-state index in [1.54, 1.807) is 7.05 Å². The molecule has 0 bridgehead atoms. The zero-order valence-electron chi connectivity index (χ0n) is 11.7. The molecule has 19 heavy (non-hydrogen) atoms. The molecule has 4 heteroatoms. The highest BCUT2D eigenvalue weighted by Crippen LogP contribution is 2.26. The number of hydrogen-bond donors (Lipinski definition) is 2. The summed E-state index contributed by atoms with van der Waals surface area (Å²) < 4.78 is 0. The summed E-state index contributed by atoms with van der Waals surface area (Å²) in [5.41, 5.74) is 2.30. The first-order chi connectivity index (χ1) is 8.92. The predicted molar refractivity (Wildman–Crippen MR) is 78.5 cm³/mol. The monoisotopic (exact) mass is 280 g/mol. The number of carbonyl (C=O) groups excluding carboxylic acids is 1. The summed E-state index contributed by atoms with van der Waals surface area (Å²) in [5.74, 6) is 0.0681. The van der Waals surface area contributed by atoms with Crippen LogP contribution in [0.25, 0.3) is 0 Å². The quantitative estimate of drug-likeness (QED) is 0.887. The van der Waals surface area contributed by atoms with Crippen molar-refractivity contribution in [2.75, 3.05) is 13.6 Å². The van der Waals surface area contributed by atoms with Crippen molar-refractivity contribution in [1.82, 2.24) is 10.6 Å². The lowest BCUT2D eigenvalue weighted by Crippen LogP contribution is -2.45. The first-order valence-electron chi connectivity index (χ1n) is 6.65. The Bertz CT molecular complexity index is 485. The molecule has 0 spiro atoms. The van der Waals surface area contributed by atoms with Crippen molar-refractivity contribution in [3.05, 3.63) is 34.3 Å². The second-order valence-corrected chi connectivity index (χ2v) is 6.30. The van der Waals surface area contributed by atoms with Gasteiger partial charge in [-0.05, 0) is 49.9 Å². The summed E-state index contributed by atoms with van der Waals surface area (Å²) in [7, 11) is 1.68. The van der Waals surface area contributed by atoms with E-state index in [2.05, 4.69) is 16.7 Å². The van der Waals surface area contributed by atoms with Crippen molar-refractivity contribution in [1.29, 1.82) is 0 Å². The van der Waals surface area contributed by atoms with Crippen molar-refractivity contribution in [2.24, 2.45) is 5.41 Å². The van der Waals surface area contributed by atoms with Crippen LogP contribution < -0.4 is 10.6 Å². The summed E-state index contributed by atoms with van der Waals surface area (Å²) in [6.07, 6.45) is 2.00. The molecular weight excluding hydrogens is 260 g/mol. The summed E-state index contributed by atoms with van der Waals surface area (Å²) in [6.45, 7) is 4.59. The molecule has 0 aromatic heterocycles. The van der Waals surface area contributed by atoms with Gasteiger partial charge in [0.25, 0.3) is 0 Å². The van der Waals surface area contributed by atoms with Gasteiger partial charge in [-0.2, -0.15) is 0 Å². The van der Waals surface area contributed by atoms with Gasteiger partial charge in [0.2, 0.25) is 5.91 Å². The van der Waals surface area contributed by atoms with Crippen LogP contribution in [0.1, 0.15) is 25.0 Å². The van der Waals surface area contributed by atoms with Crippen molar-refractivity contribution in [3.8, 4) is 0 Å². The lowest BCUT2D eigenvalue weighted by Gasteiger charge is -2.25. The standard InChI is InChI=1S/C15H21ClN2O/c1-15(2,14(19)17-3)9-18-13-7-10-4-5-12(16)6-11(10)8-13/h4-6,13,18H,7-9H2,1-3H3,(H,17,19). The normalized spacial score (nSPS) is 18.2. The van der Waals surface area contributed by atoms with E-state index in [-0.39, 0.29) is 11.3 Å². The molecule has 1 aromatic rings. The second kappa shape index (κ2) is 5.51. The molecule has 1 atom stereocenters. The fraction of sp³-hybridized carbons (Fsp3) is 0.533. The third-order valence-electron chi connectivity index (χ3n) is 3.78. The van der Waals surface area contributed by atoms with Crippen molar-refractivity contribution in [2.45, 2.75) is 32.7 Å². The second-order valence-electron chi connectivity index (χ2n) is 5.86. The fourth-order valence-corrected chi connectivity index (χ4v) is 2.74. The lowest BCUT2D eigenvalue weighted by molar-refractivity contribution is -0.128. The fourth-order valence-electron chi connectivity index (χ4n) is 2.55. The number of rotatable bonds is 4. The minimum atomic E-state index is -0.388. The number of benzene rings is 1. The average molecular weight is 281 g/mol. The molecule has 2 rings (SSSR count). The molecule has 104 valence electrons. The van der Waals surface area contributed by atoms with Gasteiger partial charge in [0.1, 0.15) is 0 Å². The molecule has 0 saturated carbocycles. The maximum atomic E-state index is 11.7. The van der Waals surface area contributed by atoms with Crippen molar-refractivity contribution < 1.29 is 4.79 Å². The molecule has 0 heterocycles. The maximum absolute atomic E-state index is 11.7. The van der Waals surface area contributed by atoms with Gasteiger partial charge in [0.05, 0.1) is 5.41 Å². The number of fused-ring (bicyclic) bond motifs is 1. The van der Waals surface area contributed by atoms with Crippen molar-refractivity contribution in [3.63, 3.8) is 0 Å². The highest BCUT2D eigenvalue weighted by atomic mass is 35.5. The number of hydrogen-bond acceptors (Lipinski definition) is 2. The molecule has 1 amide bonds. The average Bonchev–Trinajstić information content (AvgIpc) is 2.77. The van der Waals surface area contributed by atoms with Gasteiger partial charge in [0, 0.05) is 24.7 Å². The van der Waals surface area contributed by atoms with Gasteiger partial charge in [-0.15, -0.1) is 0 Å². The number of halogens is 1. The molecule has 1 aromatic carbocycles. The van der Waals surface area contributed by atoms with Gasteiger partial charge in [-0.25, -0.2) is 0 Å². The van der Waals surface area contributed by atoms with Crippen molar-refractivity contribution >= 4 is 17.5 Å². The Kier molecular flexibility index (Phi) is 4.16. The van der Waals surface area contributed by atoms with Crippen LogP contribution in [-0.4, -0.2) is 25.5 Å². The van der Waals surface area contributed by atoms with Crippen LogP contribution in [0.3, 0.4) is 0 Å². The molecule has 0 aliphatic heterocycles. The topological polar surface area (TPSA) is 41.1 Å². The molecular formula is C15H21ClN2O. The Morgan fingerprint density at radius 3 is 2.74 bits per heavy atom. The van der Waals surface area contributed by atoms with Crippen LogP contribution in [-0.2, 0) is 17.6 Å². The van der Waals surface area contributed by atoms with Gasteiger partial charge in [-0.3, -0.25) is 4.79 Å². The van der Waals surface area contributed by atoms with Gasteiger partial charge >= 0.3 is 0 Å². The smallest absolute Gasteiger partial charge is 0.226 e.